The lowest BCUT2D eigenvalue weighted by Gasteiger charge is -1.98. The number of aromatic amines is 1. The van der Waals surface area contributed by atoms with E-state index >= 15 is 0 Å². The summed E-state index contributed by atoms with van der Waals surface area (Å²) in [6.45, 7) is 0. The number of pyridine rings is 1. The molecule has 5 nitrogen and oxygen atoms in total. The zero-order valence-electron chi connectivity index (χ0n) is 10.1. The Morgan fingerprint density at radius 2 is 2.00 bits per heavy atom. The molecule has 19 heavy (non-hydrogen) atoms. The van der Waals surface area contributed by atoms with E-state index in [1.165, 1.54) is 0 Å². The number of nitrogens with two attached hydrogens (primary N) is 1. The van der Waals surface area contributed by atoms with Crippen LogP contribution >= 0.6 is 11.8 Å². The van der Waals surface area contributed by atoms with E-state index in [0.29, 0.717) is 5.82 Å². The fraction of sp³-hybridized carbons (Fsp3) is 0.0769. The first-order chi connectivity index (χ1) is 8.81. The maximum Gasteiger partial charge on any atom is 0.166 e. The molecule has 2 heterocycles. The molecule has 0 aliphatic heterocycles. The molecular formula is C13H14N4OS. The number of nitrogen functional groups attached to an aromatic ring is 1. The van der Waals surface area contributed by atoms with Crippen molar-refractivity contribution in [2.45, 2.75) is 10.9 Å². The summed E-state index contributed by atoms with van der Waals surface area (Å²) in [6.07, 6.45) is 1.80. The van der Waals surface area contributed by atoms with E-state index in [9.17, 15) is 0 Å². The predicted molar refractivity (Wildman–Crippen MR) is 77.9 cm³/mol. The minimum absolute atomic E-state index is 0. The van der Waals surface area contributed by atoms with Crippen LogP contribution in [0.2, 0.25) is 0 Å². The van der Waals surface area contributed by atoms with Crippen molar-refractivity contribution in [1.29, 1.82) is 0 Å². The van der Waals surface area contributed by atoms with Crippen LogP contribution in [0.25, 0.3) is 11.0 Å². The molecule has 3 rings (SSSR count). The van der Waals surface area contributed by atoms with Crippen LogP contribution in [0.15, 0.2) is 47.8 Å². The zero-order valence-corrected chi connectivity index (χ0v) is 10.9. The second-order valence-corrected chi connectivity index (χ2v) is 4.90. The van der Waals surface area contributed by atoms with Gasteiger partial charge in [-0.3, -0.25) is 0 Å². The number of anilines is 1. The number of rotatable bonds is 3. The summed E-state index contributed by atoms with van der Waals surface area (Å²) in [7, 11) is 0. The Hall–Kier alpha value is -2.05. The molecule has 2 aromatic heterocycles. The summed E-state index contributed by atoms with van der Waals surface area (Å²) < 4.78 is 0. The average Bonchev–Trinajstić information content (AvgIpc) is 2.81. The summed E-state index contributed by atoms with van der Waals surface area (Å²) in [4.78, 5) is 11.9. The first-order valence-electron chi connectivity index (χ1n) is 5.59. The van der Waals surface area contributed by atoms with E-state index in [0.717, 1.165) is 27.5 Å². The second-order valence-electron chi connectivity index (χ2n) is 3.94. The molecule has 0 saturated heterocycles. The van der Waals surface area contributed by atoms with Crippen molar-refractivity contribution in [1.82, 2.24) is 15.0 Å². The number of benzene rings is 1. The van der Waals surface area contributed by atoms with Gasteiger partial charge < -0.3 is 16.2 Å². The largest absolute Gasteiger partial charge is 0.412 e. The molecule has 0 spiro atoms. The average molecular weight is 274 g/mol. The molecule has 0 unspecified atom stereocenters. The second kappa shape index (κ2) is 5.73. The molecule has 0 radical (unpaired) electrons. The highest BCUT2D eigenvalue weighted by molar-refractivity contribution is 7.98. The van der Waals surface area contributed by atoms with Crippen molar-refractivity contribution in [3.8, 4) is 0 Å². The highest BCUT2D eigenvalue weighted by Gasteiger charge is 2.03. The Balaban J connectivity index is 0.00000133. The summed E-state index contributed by atoms with van der Waals surface area (Å²) in [5.41, 5.74) is 8.74. The molecule has 6 heteroatoms. The Bertz CT molecular complexity index is 633. The number of thioether (sulfide) groups is 1. The quantitative estimate of drug-likeness (QED) is 0.713. The van der Waals surface area contributed by atoms with Crippen LogP contribution in [0.3, 0.4) is 0 Å². The van der Waals surface area contributed by atoms with Gasteiger partial charge in [0.2, 0.25) is 0 Å². The third kappa shape index (κ3) is 3.04. The lowest BCUT2D eigenvalue weighted by molar-refractivity contribution is 0.824. The molecule has 0 aliphatic carbocycles. The molecule has 98 valence electrons. The maximum absolute atomic E-state index is 5.55. The van der Waals surface area contributed by atoms with Gasteiger partial charge in [0.25, 0.3) is 0 Å². The third-order valence-corrected chi connectivity index (χ3v) is 3.54. The van der Waals surface area contributed by atoms with Crippen molar-refractivity contribution in [2.24, 2.45) is 0 Å². The minimum atomic E-state index is 0. The topological polar surface area (TPSA) is 99.1 Å². The number of para-hydroxylation sites is 2. The standard InChI is InChI=1S/C13H12N4S.H2O/c14-12-6-5-9(7-15-12)8-18-13-16-10-3-1-2-4-11(10)17-13;/h1-7H,8H2,(H2,14,15)(H,16,17);1H2. The van der Waals surface area contributed by atoms with Gasteiger partial charge in [-0.2, -0.15) is 0 Å². The number of imidazole rings is 1. The Morgan fingerprint density at radius 3 is 2.74 bits per heavy atom. The molecule has 0 atom stereocenters. The number of fused-ring (bicyclic) bond motifs is 1. The molecule has 3 aromatic rings. The lowest BCUT2D eigenvalue weighted by atomic mass is 10.3. The number of nitrogens with one attached hydrogen (secondary N) is 1. The van der Waals surface area contributed by atoms with Crippen LogP contribution < -0.4 is 5.73 Å². The molecular weight excluding hydrogens is 260 g/mol. The summed E-state index contributed by atoms with van der Waals surface area (Å²) in [5.74, 6) is 1.38. The first kappa shape index (κ1) is 13.4. The molecule has 0 bridgehead atoms. The number of hydrogen-bond donors (Lipinski definition) is 2. The van der Waals surface area contributed by atoms with Crippen molar-refractivity contribution in [3.05, 3.63) is 48.2 Å². The van der Waals surface area contributed by atoms with Gasteiger partial charge in [-0.15, -0.1) is 0 Å². The summed E-state index contributed by atoms with van der Waals surface area (Å²) >= 11 is 1.66. The predicted octanol–water partition coefficient (Wildman–Crippen LogP) is 2.01. The first-order valence-corrected chi connectivity index (χ1v) is 6.58. The van der Waals surface area contributed by atoms with Crippen LogP contribution in [0.1, 0.15) is 5.56 Å². The number of hydrogen-bond acceptors (Lipinski definition) is 4. The van der Waals surface area contributed by atoms with Gasteiger partial charge in [-0.25, -0.2) is 9.97 Å². The number of H-pyrrole nitrogens is 1. The van der Waals surface area contributed by atoms with Crippen molar-refractivity contribution >= 4 is 28.6 Å². The smallest absolute Gasteiger partial charge is 0.166 e. The highest BCUT2D eigenvalue weighted by atomic mass is 32.2. The van der Waals surface area contributed by atoms with Gasteiger partial charge in [-0.05, 0) is 23.8 Å². The fourth-order valence-corrected chi connectivity index (χ4v) is 2.49. The molecule has 0 fully saturated rings. The van der Waals surface area contributed by atoms with E-state index in [-0.39, 0.29) is 5.48 Å². The van der Waals surface area contributed by atoms with Crippen LogP contribution in [-0.4, -0.2) is 20.4 Å². The zero-order chi connectivity index (χ0) is 12.4. The molecule has 1 aromatic carbocycles. The normalized spacial score (nSPS) is 10.3. The van der Waals surface area contributed by atoms with Gasteiger partial charge in [0.1, 0.15) is 5.82 Å². The molecule has 0 amide bonds. The molecule has 5 N–H and O–H groups in total. The van der Waals surface area contributed by atoms with E-state index in [1.54, 1.807) is 18.0 Å². The summed E-state index contributed by atoms with van der Waals surface area (Å²) in [5, 5.41) is 0.924. The van der Waals surface area contributed by atoms with Crippen LogP contribution in [0.5, 0.6) is 0 Å². The Labute approximate surface area is 114 Å². The van der Waals surface area contributed by atoms with Crippen LogP contribution in [-0.2, 0) is 5.75 Å². The van der Waals surface area contributed by atoms with Crippen LogP contribution in [0.4, 0.5) is 5.82 Å². The Kier molecular flexibility index (Phi) is 4.03. The van der Waals surface area contributed by atoms with Gasteiger partial charge >= 0.3 is 0 Å². The van der Waals surface area contributed by atoms with Gasteiger partial charge in [0.15, 0.2) is 5.16 Å². The number of aromatic nitrogens is 3. The van der Waals surface area contributed by atoms with E-state index in [4.69, 9.17) is 5.73 Å². The van der Waals surface area contributed by atoms with Gasteiger partial charge in [0, 0.05) is 11.9 Å². The SMILES string of the molecule is Nc1ccc(CSc2nc3ccccc3[nH]2)cn1.O. The number of nitrogens with zero attached hydrogens (tertiary/aromatic N) is 2. The monoisotopic (exact) mass is 274 g/mol. The van der Waals surface area contributed by atoms with E-state index < -0.39 is 0 Å². The molecule has 0 saturated carbocycles. The fourth-order valence-electron chi connectivity index (χ4n) is 1.67. The van der Waals surface area contributed by atoms with Crippen molar-refractivity contribution in [2.75, 3.05) is 5.73 Å². The van der Waals surface area contributed by atoms with Crippen molar-refractivity contribution < 1.29 is 5.48 Å². The summed E-state index contributed by atoms with van der Waals surface area (Å²) in [6, 6.07) is 11.8. The minimum Gasteiger partial charge on any atom is -0.412 e. The van der Waals surface area contributed by atoms with E-state index in [1.807, 2.05) is 36.4 Å². The Morgan fingerprint density at radius 1 is 1.16 bits per heavy atom. The highest BCUT2D eigenvalue weighted by Crippen LogP contribution is 2.22. The van der Waals surface area contributed by atoms with E-state index in [2.05, 4.69) is 15.0 Å². The maximum atomic E-state index is 5.55. The molecule has 0 aliphatic rings. The van der Waals surface area contributed by atoms with Crippen LogP contribution in [0, 0.1) is 0 Å². The van der Waals surface area contributed by atoms with Gasteiger partial charge in [-0.1, -0.05) is 30.0 Å². The van der Waals surface area contributed by atoms with Crippen molar-refractivity contribution in [3.63, 3.8) is 0 Å². The third-order valence-electron chi connectivity index (χ3n) is 2.59. The van der Waals surface area contributed by atoms with Gasteiger partial charge in [0.05, 0.1) is 11.0 Å². The lowest BCUT2D eigenvalue weighted by Crippen LogP contribution is -1.90.